The van der Waals surface area contributed by atoms with E-state index in [1.165, 1.54) is 12.2 Å². The second-order valence-electron chi connectivity index (χ2n) is 17.1. The topological polar surface area (TPSA) is 253 Å². The molecule has 0 spiro atoms. The summed E-state index contributed by atoms with van der Waals surface area (Å²) in [6, 6.07) is 8.16. The average molecular weight is 911 g/mol. The molecular formula is C45H56N3O13S2+. The van der Waals surface area contributed by atoms with Gasteiger partial charge in [0.25, 0.3) is 26.1 Å². The lowest BCUT2D eigenvalue weighted by Crippen LogP contribution is -2.33. The second-order valence-corrected chi connectivity index (χ2v) is 20.3. The van der Waals surface area contributed by atoms with Crippen LogP contribution >= 0.6 is 0 Å². The van der Waals surface area contributed by atoms with Gasteiger partial charge in [0.1, 0.15) is 12.3 Å². The van der Waals surface area contributed by atoms with Crippen LogP contribution in [0.25, 0.3) is 0 Å². The molecule has 18 heteroatoms. The zero-order chi connectivity index (χ0) is 46.8. The van der Waals surface area contributed by atoms with E-state index < -0.39 is 60.2 Å². The van der Waals surface area contributed by atoms with E-state index in [1.54, 1.807) is 39.8 Å². The molecule has 0 saturated carbocycles. The van der Waals surface area contributed by atoms with Gasteiger partial charge in [0.2, 0.25) is 11.5 Å². The van der Waals surface area contributed by atoms with Crippen LogP contribution in [0.15, 0.2) is 65.1 Å². The molecule has 2 heterocycles. The molecule has 2 aromatic carbocycles. The molecule has 2 aliphatic heterocycles. The number of carbonyl (C=O) groups is 5. The number of aliphatic hydroxyl groups is 1. The molecule has 0 radical (unpaired) electrons. The van der Waals surface area contributed by atoms with E-state index in [-0.39, 0.29) is 92.2 Å². The first-order valence-electron chi connectivity index (χ1n) is 21.0. The molecule has 3 aliphatic rings. The highest BCUT2D eigenvalue weighted by molar-refractivity contribution is 7.86. The molecule has 63 heavy (non-hydrogen) atoms. The largest absolute Gasteiger partial charge is 0.506 e. The summed E-state index contributed by atoms with van der Waals surface area (Å²) in [4.78, 5) is 67.0. The molecule has 1 amide bonds. The van der Waals surface area contributed by atoms with Crippen LogP contribution < -0.4 is 10.2 Å². The number of amides is 1. The predicted molar refractivity (Wildman–Crippen MR) is 237 cm³/mol. The lowest BCUT2D eigenvalue weighted by molar-refractivity contribution is -0.437. The molecule has 0 bridgehead atoms. The Morgan fingerprint density at radius 1 is 0.810 bits per heavy atom. The van der Waals surface area contributed by atoms with Crippen LogP contribution in [-0.4, -0.2) is 107 Å². The first kappa shape index (κ1) is 48.7. The van der Waals surface area contributed by atoms with Crippen molar-refractivity contribution in [1.29, 1.82) is 0 Å². The van der Waals surface area contributed by atoms with Gasteiger partial charge in [-0.3, -0.25) is 33.1 Å². The summed E-state index contributed by atoms with van der Waals surface area (Å²) < 4.78 is 67.9. The number of carbonyl (C=O) groups excluding carboxylic acids is 4. The Kier molecular flexibility index (Phi) is 14.6. The van der Waals surface area contributed by atoms with Crippen LogP contribution in [0.1, 0.15) is 135 Å². The van der Waals surface area contributed by atoms with E-state index in [9.17, 15) is 55.0 Å². The van der Waals surface area contributed by atoms with Gasteiger partial charge < -0.3 is 20.4 Å². The lowest BCUT2D eigenvalue weighted by atomic mass is 9.76. The molecule has 0 fully saturated rings. The summed E-state index contributed by atoms with van der Waals surface area (Å²) in [5.41, 5.74) is 2.04. The number of carboxylic acid groups (broad SMARTS) is 1. The number of ketones is 3. The number of aliphatic hydroxyl groups excluding tert-OH is 1. The molecule has 1 aliphatic carbocycles. The third-order valence-electron chi connectivity index (χ3n) is 11.7. The maximum absolute atomic E-state index is 14.2. The minimum atomic E-state index is -4.36. The molecule has 16 nitrogen and oxygen atoms in total. The minimum Gasteiger partial charge on any atom is -0.506 e. The van der Waals surface area contributed by atoms with E-state index >= 15 is 0 Å². The number of hydrogen-bond acceptors (Lipinski definition) is 11. The number of nitrogens with zero attached hydrogens (tertiary/aromatic N) is 2. The number of hydrogen-bond donors (Lipinski definition) is 5. The van der Waals surface area contributed by atoms with Gasteiger partial charge in [-0.2, -0.15) is 21.4 Å². The molecule has 5 N–H and O–H groups in total. The molecule has 0 saturated heterocycles. The Morgan fingerprint density at radius 2 is 1.44 bits per heavy atom. The molecule has 5 rings (SSSR count). The van der Waals surface area contributed by atoms with Gasteiger partial charge in [0.15, 0.2) is 17.3 Å². The summed E-state index contributed by atoms with van der Waals surface area (Å²) in [6.45, 7) is 11.3. The number of carboxylic acids is 1. The van der Waals surface area contributed by atoms with Gasteiger partial charge in [-0.1, -0.05) is 27.7 Å². The third kappa shape index (κ3) is 10.6. The highest BCUT2D eigenvalue weighted by atomic mass is 32.2. The van der Waals surface area contributed by atoms with Gasteiger partial charge in [-0.15, -0.1) is 0 Å². The van der Waals surface area contributed by atoms with Crippen molar-refractivity contribution in [3.8, 4) is 0 Å². The van der Waals surface area contributed by atoms with Gasteiger partial charge in [0, 0.05) is 90.0 Å². The van der Waals surface area contributed by atoms with Crippen molar-refractivity contribution in [2.24, 2.45) is 0 Å². The molecule has 0 aromatic heterocycles. The van der Waals surface area contributed by atoms with Crippen molar-refractivity contribution >= 4 is 66.5 Å². The second kappa shape index (κ2) is 18.8. The molecule has 0 unspecified atom stereocenters. The smallest absolute Gasteiger partial charge is 0.303 e. The molecule has 0 atom stereocenters. The minimum absolute atomic E-state index is 0.00501. The van der Waals surface area contributed by atoms with Gasteiger partial charge in [-0.05, 0) is 75.4 Å². The van der Waals surface area contributed by atoms with E-state index in [4.69, 9.17) is 5.11 Å². The molecule has 2 aromatic rings. The summed E-state index contributed by atoms with van der Waals surface area (Å²) in [5, 5.41) is 23.4. The SMILES string of the molecule is CCCC(=O)c1cc(C(=O)CCC)c2c(c1)N(CCCS(=O)(=O)O)C(=CC1=C(O)C(=CC3=[N+](CCCS(=O)(=O)O)c4ccc(C(=O)NCCCC(=O)O)cc4C3(C)C)C1=O)C2(C)C. The standard InChI is InChI=1S/C45H55N3O13S2/c1-7-12-35(49)28-22-29(36(50)13-8-2)40-34(24-28)48(19-11-21-63(59,60)61)38(45(40,5)6)26-31-41(53)30(42(31)54)25-37-44(3,4)32-23-27(43(55)46-17-9-14-39(51)52)15-16-33(32)47(37)18-10-20-62(56,57)58/h15-16,22-26H,7-14,17-21H2,1-6H3,(H4-,46,51,52,53,54,55,56,57,58,59,60,61)/p+1. The van der Waals surface area contributed by atoms with Crippen LogP contribution in [0.3, 0.4) is 0 Å². The van der Waals surface area contributed by atoms with Gasteiger partial charge in [0.05, 0.1) is 28.1 Å². The van der Waals surface area contributed by atoms with Crippen molar-refractivity contribution in [2.75, 3.05) is 36.0 Å². The van der Waals surface area contributed by atoms with E-state index in [0.29, 0.717) is 57.9 Å². The van der Waals surface area contributed by atoms with Gasteiger partial charge in [-0.25, -0.2) is 0 Å². The Bertz CT molecular complexity index is 2620. The maximum Gasteiger partial charge on any atom is 0.303 e. The summed E-state index contributed by atoms with van der Waals surface area (Å²) in [5.74, 6) is -3.86. The monoisotopic (exact) mass is 910 g/mol. The Labute approximate surface area is 368 Å². The van der Waals surface area contributed by atoms with Crippen molar-refractivity contribution < 1.29 is 64.7 Å². The van der Waals surface area contributed by atoms with E-state index in [2.05, 4.69) is 5.32 Å². The number of nitrogens with one attached hydrogen (secondary N) is 1. The highest BCUT2D eigenvalue weighted by Crippen LogP contribution is 2.52. The average Bonchev–Trinajstić information content (AvgIpc) is 3.53. The first-order valence-corrected chi connectivity index (χ1v) is 24.2. The number of allylic oxidation sites excluding steroid dienone is 5. The molecule has 340 valence electrons. The normalized spacial score (nSPS) is 17.9. The van der Waals surface area contributed by atoms with Crippen LogP contribution in [0.4, 0.5) is 11.4 Å². The maximum atomic E-state index is 14.2. The lowest BCUT2D eigenvalue weighted by Gasteiger charge is -2.29. The number of benzene rings is 2. The number of aliphatic carboxylic acids is 1. The molecular weight excluding hydrogens is 855 g/mol. The number of Topliss-reactive ketones (excluding diaryl/α,β-unsaturated/α-hetero) is 3. The fourth-order valence-electron chi connectivity index (χ4n) is 8.56. The van der Waals surface area contributed by atoms with Crippen LogP contribution in [0.5, 0.6) is 0 Å². The van der Waals surface area contributed by atoms with Crippen molar-refractivity contribution in [3.63, 3.8) is 0 Å². The fourth-order valence-corrected chi connectivity index (χ4v) is 9.55. The predicted octanol–water partition coefficient (Wildman–Crippen LogP) is 6.18. The van der Waals surface area contributed by atoms with Gasteiger partial charge >= 0.3 is 5.97 Å². The fraction of sp³-hybridized carbons (Fsp3) is 0.467. The first-order chi connectivity index (χ1) is 29.3. The summed E-state index contributed by atoms with van der Waals surface area (Å²) in [6.07, 6.45) is 4.56. The summed E-state index contributed by atoms with van der Waals surface area (Å²) in [7, 11) is -8.69. The Hall–Kier alpha value is -5.30. The quantitative estimate of drug-likeness (QED) is 0.0308. The zero-order valence-corrected chi connectivity index (χ0v) is 38.0. The number of fused-ring (bicyclic) bond motifs is 2. The summed E-state index contributed by atoms with van der Waals surface area (Å²) >= 11 is 0. The zero-order valence-electron chi connectivity index (χ0n) is 36.4. The van der Waals surface area contributed by atoms with Crippen molar-refractivity contribution in [3.05, 3.63) is 92.9 Å². The van der Waals surface area contributed by atoms with Crippen LogP contribution in [-0.2, 0) is 40.7 Å². The number of anilines is 1. The van der Waals surface area contributed by atoms with E-state index in [0.717, 1.165) is 0 Å². The Morgan fingerprint density at radius 3 is 2.05 bits per heavy atom. The number of rotatable bonds is 21. The Balaban J connectivity index is 1.61. The van der Waals surface area contributed by atoms with Crippen LogP contribution in [0, 0.1) is 0 Å². The van der Waals surface area contributed by atoms with Crippen molar-refractivity contribution in [2.45, 2.75) is 104 Å². The highest BCUT2D eigenvalue weighted by Gasteiger charge is 2.48. The van der Waals surface area contributed by atoms with Crippen LogP contribution in [0.2, 0.25) is 0 Å². The van der Waals surface area contributed by atoms with E-state index in [1.807, 2.05) is 41.5 Å². The third-order valence-corrected chi connectivity index (χ3v) is 13.3. The van der Waals surface area contributed by atoms with Crippen molar-refractivity contribution in [1.82, 2.24) is 5.32 Å².